The van der Waals surface area contributed by atoms with Gasteiger partial charge in [0.2, 0.25) is 0 Å². The molecule has 4 aromatic rings. The minimum absolute atomic E-state index is 0.00560. The fourth-order valence-electron chi connectivity index (χ4n) is 5.13. The number of nitrogens with zero attached hydrogens (tertiary/aromatic N) is 4. The molecule has 9 heteroatoms. The summed E-state index contributed by atoms with van der Waals surface area (Å²) in [6, 6.07) is 15.0. The number of aromatic amines is 1. The summed E-state index contributed by atoms with van der Waals surface area (Å²) in [5.41, 5.74) is 3.49. The van der Waals surface area contributed by atoms with Crippen LogP contribution >= 0.6 is 0 Å². The minimum atomic E-state index is -0.295. The monoisotopic (exact) mass is 510 g/mol. The van der Waals surface area contributed by atoms with Crippen LogP contribution in [-0.4, -0.2) is 43.1 Å². The minimum Gasteiger partial charge on any atom is -0.324 e. The molecule has 1 aliphatic carbocycles. The Balaban J connectivity index is 1.16. The number of likely N-dealkylation sites (tertiary alicyclic amines) is 1. The first kappa shape index (κ1) is 24.0. The van der Waals surface area contributed by atoms with Crippen LogP contribution in [0.2, 0.25) is 0 Å². The van der Waals surface area contributed by atoms with Gasteiger partial charge in [-0.25, -0.2) is 9.59 Å². The Morgan fingerprint density at radius 1 is 0.921 bits per heavy atom. The summed E-state index contributed by atoms with van der Waals surface area (Å²) < 4.78 is 3.46. The average Bonchev–Trinajstić information content (AvgIpc) is 3.69. The van der Waals surface area contributed by atoms with Gasteiger partial charge in [-0.1, -0.05) is 30.3 Å². The molecule has 2 fully saturated rings. The van der Waals surface area contributed by atoms with E-state index in [0.29, 0.717) is 38.4 Å². The number of piperidine rings is 1. The van der Waals surface area contributed by atoms with Crippen molar-refractivity contribution in [3.05, 3.63) is 94.2 Å². The van der Waals surface area contributed by atoms with Crippen LogP contribution in [0.4, 0.5) is 10.5 Å². The Morgan fingerprint density at radius 3 is 2.37 bits per heavy atom. The lowest BCUT2D eigenvalue weighted by Crippen LogP contribution is -2.43. The number of nitrogens with one attached hydrogen (secondary N) is 2. The van der Waals surface area contributed by atoms with Gasteiger partial charge in [-0.2, -0.15) is 0 Å². The van der Waals surface area contributed by atoms with Gasteiger partial charge in [0.05, 0.1) is 5.69 Å². The Hall–Kier alpha value is -4.40. The number of amides is 2. The maximum absolute atomic E-state index is 13.2. The van der Waals surface area contributed by atoms with Crippen LogP contribution in [0.5, 0.6) is 0 Å². The van der Waals surface area contributed by atoms with Crippen molar-refractivity contribution in [2.45, 2.75) is 38.3 Å². The van der Waals surface area contributed by atoms with Crippen LogP contribution in [0, 0.1) is 5.92 Å². The molecule has 1 aliphatic heterocycles. The van der Waals surface area contributed by atoms with E-state index in [2.05, 4.69) is 15.3 Å². The van der Waals surface area contributed by atoms with Crippen molar-refractivity contribution in [1.82, 2.24) is 24.0 Å². The van der Waals surface area contributed by atoms with Gasteiger partial charge in [0.1, 0.15) is 5.69 Å². The first-order valence-corrected chi connectivity index (χ1v) is 13.1. The van der Waals surface area contributed by atoms with Gasteiger partial charge in [0.25, 0.3) is 5.56 Å². The van der Waals surface area contributed by atoms with Crippen molar-refractivity contribution < 1.29 is 4.79 Å². The van der Waals surface area contributed by atoms with Crippen LogP contribution in [0.3, 0.4) is 0 Å². The van der Waals surface area contributed by atoms with E-state index in [1.807, 2.05) is 54.9 Å². The van der Waals surface area contributed by atoms with E-state index in [0.717, 1.165) is 35.2 Å². The third-order valence-corrected chi connectivity index (χ3v) is 7.47. The number of pyridine rings is 2. The molecule has 0 bridgehead atoms. The van der Waals surface area contributed by atoms with Crippen molar-refractivity contribution >= 4 is 11.7 Å². The number of carbonyl (C=O) groups excluding carboxylic acids is 1. The van der Waals surface area contributed by atoms with Gasteiger partial charge >= 0.3 is 11.7 Å². The molecular weight excluding hydrogens is 480 g/mol. The van der Waals surface area contributed by atoms with E-state index in [9.17, 15) is 14.4 Å². The molecule has 1 saturated carbocycles. The lowest BCUT2D eigenvalue weighted by molar-refractivity contribution is 0.183. The molecule has 2 N–H and O–H groups in total. The zero-order chi connectivity index (χ0) is 26.1. The molecule has 0 unspecified atom stereocenters. The molecule has 1 aromatic carbocycles. The van der Waals surface area contributed by atoms with Gasteiger partial charge in [-0.3, -0.25) is 14.3 Å². The number of rotatable bonds is 6. The molecule has 194 valence electrons. The molecule has 4 heterocycles. The summed E-state index contributed by atoms with van der Waals surface area (Å²) >= 11 is 0. The van der Waals surface area contributed by atoms with Crippen molar-refractivity contribution in [2.24, 2.45) is 5.92 Å². The lowest BCUT2D eigenvalue weighted by Gasteiger charge is -2.32. The molecule has 2 aliphatic rings. The quantitative estimate of drug-likeness (QED) is 0.402. The largest absolute Gasteiger partial charge is 0.326 e. The van der Waals surface area contributed by atoms with E-state index in [1.54, 1.807) is 32.5 Å². The van der Waals surface area contributed by atoms with E-state index in [1.165, 1.54) is 0 Å². The summed E-state index contributed by atoms with van der Waals surface area (Å²) in [5, 5.41) is 2.88. The predicted molar refractivity (Wildman–Crippen MR) is 146 cm³/mol. The highest BCUT2D eigenvalue weighted by Crippen LogP contribution is 2.31. The summed E-state index contributed by atoms with van der Waals surface area (Å²) in [4.78, 5) is 47.8. The van der Waals surface area contributed by atoms with Gasteiger partial charge in [-0.05, 0) is 60.9 Å². The molecule has 38 heavy (non-hydrogen) atoms. The number of H-pyrrole nitrogens is 1. The summed E-state index contributed by atoms with van der Waals surface area (Å²) in [5.74, 6) is 0.516. The fraction of sp³-hybridized carbons (Fsp3) is 0.310. The highest BCUT2D eigenvalue weighted by molar-refractivity contribution is 5.90. The fourth-order valence-corrected chi connectivity index (χ4v) is 5.13. The van der Waals surface area contributed by atoms with E-state index in [-0.39, 0.29) is 29.0 Å². The van der Waals surface area contributed by atoms with Crippen molar-refractivity contribution in [3.8, 4) is 22.4 Å². The zero-order valence-electron chi connectivity index (χ0n) is 21.0. The maximum Gasteiger partial charge on any atom is 0.326 e. The number of imidazole rings is 1. The van der Waals surface area contributed by atoms with E-state index >= 15 is 0 Å². The molecule has 6 rings (SSSR count). The Morgan fingerprint density at radius 2 is 1.66 bits per heavy atom. The molecular formula is C29H30N6O3. The maximum atomic E-state index is 13.2. The van der Waals surface area contributed by atoms with Crippen molar-refractivity contribution in [3.63, 3.8) is 0 Å². The number of benzene rings is 1. The third kappa shape index (κ3) is 5.04. The topological polar surface area (TPSA) is 105 Å². The molecule has 2 amide bonds. The number of urea groups is 1. The normalized spacial score (nSPS) is 15.9. The summed E-state index contributed by atoms with van der Waals surface area (Å²) in [6.45, 7) is 1.65. The van der Waals surface area contributed by atoms with Crippen LogP contribution in [0.15, 0.2) is 82.9 Å². The van der Waals surface area contributed by atoms with Gasteiger partial charge < -0.3 is 19.8 Å². The highest BCUT2D eigenvalue weighted by Gasteiger charge is 2.27. The molecule has 0 atom stereocenters. The number of carbonyl (C=O) groups is 1. The van der Waals surface area contributed by atoms with Gasteiger partial charge in [0, 0.05) is 56.0 Å². The third-order valence-electron chi connectivity index (χ3n) is 7.47. The molecule has 9 nitrogen and oxygen atoms in total. The van der Waals surface area contributed by atoms with Gasteiger partial charge in [-0.15, -0.1) is 0 Å². The lowest BCUT2D eigenvalue weighted by atomic mass is 10.1. The van der Waals surface area contributed by atoms with Crippen molar-refractivity contribution in [2.75, 3.05) is 18.4 Å². The van der Waals surface area contributed by atoms with E-state index < -0.39 is 0 Å². The second-order valence-corrected chi connectivity index (χ2v) is 10.2. The Bertz CT molecular complexity index is 1540. The van der Waals surface area contributed by atoms with Crippen LogP contribution in [0.25, 0.3) is 22.4 Å². The van der Waals surface area contributed by atoms with Crippen LogP contribution in [0.1, 0.15) is 31.7 Å². The molecule has 1 saturated heterocycles. The second-order valence-electron chi connectivity index (χ2n) is 10.2. The standard InChI is InChI=1S/C29H30N6O3/c36-27-25(16-23(21-8-12-30-13-9-21)18-34(27)17-20-6-7-20)31-28(37)33-14-10-24(11-15-33)35-19-26(32-29(35)38)22-4-2-1-3-5-22/h1-5,8-9,12-13,16,18-20,24H,6-7,10-11,14-15,17H2,(H,31,37)(H,32,38). The molecule has 0 radical (unpaired) electrons. The highest BCUT2D eigenvalue weighted by atomic mass is 16.2. The zero-order valence-corrected chi connectivity index (χ0v) is 21.0. The average molecular weight is 511 g/mol. The van der Waals surface area contributed by atoms with Crippen molar-refractivity contribution in [1.29, 1.82) is 0 Å². The number of anilines is 1. The number of aromatic nitrogens is 4. The SMILES string of the molecule is O=C(Nc1cc(-c2ccncc2)cn(CC2CC2)c1=O)N1CCC(n2cc(-c3ccccc3)[nH]c2=O)CC1. The number of hydrogen-bond acceptors (Lipinski definition) is 4. The van der Waals surface area contributed by atoms with Gasteiger partial charge in [0.15, 0.2) is 0 Å². The Labute approximate surface area is 219 Å². The second kappa shape index (κ2) is 10.2. The van der Waals surface area contributed by atoms with Crippen LogP contribution < -0.4 is 16.6 Å². The van der Waals surface area contributed by atoms with Crippen LogP contribution in [-0.2, 0) is 6.54 Å². The smallest absolute Gasteiger partial charge is 0.324 e. The van der Waals surface area contributed by atoms with E-state index in [4.69, 9.17) is 0 Å². The Kier molecular flexibility index (Phi) is 6.41. The molecule has 0 spiro atoms. The predicted octanol–water partition coefficient (Wildman–Crippen LogP) is 4.35. The summed E-state index contributed by atoms with van der Waals surface area (Å²) in [6.07, 6.45) is 10.7. The summed E-state index contributed by atoms with van der Waals surface area (Å²) in [7, 11) is 0. The number of hydrogen-bond donors (Lipinski definition) is 2. The first-order chi connectivity index (χ1) is 18.5. The first-order valence-electron chi connectivity index (χ1n) is 13.1. The molecule has 3 aromatic heterocycles.